The normalized spacial score (nSPS) is 17.5. The molecule has 2 N–H and O–H groups in total. The zero-order valence-electron chi connectivity index (χ0n) is 17.6. The van der Waals surface area contributed by atoms with Crippen LogP contribution in [-0.2, 0) is 9.59 Å². The van der Waals surface area contributed by atoms with E-state index in [0.717, 1.165) is 4.70 Å². The number of carbonyl (C=O) groups is 2. The number of phenols is 1. The molecule has 0 saturated carbocycles. The van der Waals surface area contributed by atoms with Crippen LogP contribution in [0.5, 0.6) is 11.5 Å². The number of aliphatic hydroxyl groups excluding tert-OH is 1. The van der Waals surface area contributed by atoms with Crippen LogP contribution in [0.1, 0.15) is 17.2 Å². The van der Waals surface area contributed by atoms with E-state index in [4.69, 9.17) is 16.3 Å². The van der Waals surface area contributed by atoms with Crippen molar-refractivity contribution in [2.75, 3.05) is 12.0 Å². The standard InChI is InChI=1S/C24H16ClN3O5S/c1-33-17-10-13(2-5-16(17)29)20-19(21(30)12-6-8-26-9-7-12)22(31)23(32)28(20)24-27-15-4-3-14(25)11-18(15)34-24/h2-11,20,29-30H,1H3/b21-19+. The molecular weight excluding hydrogens is 478 g/mol. The Kier molecular flexibility index (Phi) is 5.43. The number of anilines is 1. The number of halogens is 1. The Hall–Kier alpha value is -3.95. The molecule has 0 radical (unpaired) electrons. The summed E-state index contributed by atoms with van der Waals surface area (Å²) < 4.78 is 5.97. The van der Waals surface area contributed by atoms with Gasteiger partial charge in [0.15, 0.2) is 16.6 Å². The van der Waals surface area contributed by atoms with E-state index in [1.165, 1.54) is 60.0 Å². The van der Waals surface area contributed by atoms with Gasteiger partial charge in [0.25, 0.3) is 5.78 Å². The second-order valence-corrected chi connectivity index (χ2v) is 8.89. The summed E-state index contributed by atoms with van der Waals surface area (Å²) in [6.45, 7) is 0. The fourth-order valence-electron chi connectivity index (χ4n) is 3.86. The summed E-state index contributed by atoms with van der Waals surface area (Å²) in [5.74, 6) is -1.99. The van der Waals surface area contributed by atoms with Crippen LogP contribution in [0.25, 0.3) is 16.0 Å². The number of amides is 1. The summed E-state index contributed by atoms with van der Waals surface area (Å²) in [4.78, 5) is 36.2. The van der Waals surface area contributed by atoms with Gasteiger partial charge in [0.05, 0.1) is 28.9 Å². The van der Waals surface area contributed by atoms with Crippen molar-refractivity contribution in [2.45, 2.75) is 6.04 Å². The highest BCUT2D eigenvalue weighted by atomic mass is 35.5. The first-order valence-electron chi connectivity index (χ1n) is 10.0. The smallest absolute Gasteiger partial charge is 0.301 e. The number of Topliss-reactive ketones (excluding diaryl/α,β-unsaturated/α-hetero) is 1. The number of benzene rings is 2. The molecule has 0 spiro atoms. The lowest BCUT2D eigenvalue weighted by Gasteiger charge is -2.23. The van der Waals surface area contributed by atoms with E-state index in [-0.39, 0.29) is 28.0 Å². The molecule has 1 atom stereocenters. The summed E-state index contributed by atoms with van der Waals surface area (Å²) in [7, 11) is 1.39. The van der Waals surface area contributed by atoms with Gasteiger partial charge in [-0.1, -0.05) is 29.0 Å². The van der Waals surface area contributed by atoms with Crippen molar-refractivity contribution >= 4 is 55.7 Å². The number of aromatic nitrogens is 2. The summed E-state index contributed by atoms with van der Waals surface area (Å²) >= 11 is 7.30. The number of thiazole rings is 1. The molecule has 1 saturated heterocycles. The molecule has 5 rings (SSSR count). The molecule has 0 aliphatic carbocycles. The Labute approximate surface area is 202 Å². The van der Waals surface area contributed by atoms with Crippen LogP contribution in [0, 0.1) is 0 Å². The van der Waals surface area contributed by atoms with Crippen LogP contribution in [0.15, 0.2) is 66.5 Å². The van der Waals surface area contributed by atoms with Gasteiger partial charge in [0.1, 0.15) is 5.76 Å². The lowest BCUT2D eigenvalue weighted by atomic mass is 9.95. The van der Waals surface area contributed by atoms with Crippen molar-refractivity contribution in [2.24, 2.45) is 0 Å². The maximum Gasteiger partial charge on any atom is 0.301 e. The monoisotopic (exact) mass is 493 g/mol. The van der Waals surface area contributed by atoms with E-state index in [1.54, 1.807) is 24.3 Å². The van der Waals surface area contributed by atoms with Gasteiger partial charge < -0.3 is 14.9 Å². The highest BCUT2D eigenvalue weighted by Crippen LogP contribution is 2.45. The molecule has 1 aliphatic rings. The summed E-state index contributed by atoms with van der Waals surface area (Å²) in [6, 6.07) is 11.7. The molecule has 34 heavy (non-hydrogen) atoms. The molecule has 2 aromatic carbocycles. The number of nitrogens with zero attached hydrogens (tertiary/aromatic N) is 3. The number of hydrogen-bond acceptors (Lipinski definition) is 8. The average Bonchev–Trinajstić information content (AvgIpc) is 3.37. The number of phenolic OH excluding ortho intramolecular Hbond substituents is 1. The summed E-state index contributed by atoms with van der Waals surface area (Å²) in [5, 5.41) is 22.0. The van der Waals surface area contributed by atoms with Crippen LogP contribution in [0.3, 0.4) is 0 Å². The quantitative estimate of drug-likeness (QED) is 0.241. The second kappa shape index (κ2) is 8.44. The van der Waals surface area contributed by atoms with Crippen LogP contribution < -0.4 is 9.64 Å². The Morgan fingerprint density at radius 2 is 1.88 bits per heavy atom. The molecule has 2 aromatic heterocycles. The minimum Gasteiger partial charge on any atom is -0.507 e. The van der Waals surface area contributed by atoms with Gasteiger partial charge in [-0.3, -0.25) is 19.5 Å². The van der Waals surface area contributed by atoms with Crippen molar-refractivity contribution in [3.8, 4) is 11.5 Å². The average molecular weight is 494 g/mol. The third-order valence-electron chi connectivity index (χ3n) is 5.46. The number of pyridine rings is 1. The number of ketones is 1. The van der Waals surface area contributed by atoms with Gasteiger partial charge in [-0.25, -0.2) is 4.98 Å². The molecule has 0 bridgehead atoms. The molecule has 1 amide bonds. The molecule has 1 unspecified atom stereocenters. The fourth-order valence-corrected chi connectivity index (χ4v) is 5.13. The van der Waals surface area contributed by atoms with Gasteiger partial charge in [-0.15, -0.1) is 0 Å². The van der Waals surface area contributed by atoms with Gasteiger partial charge in [0.2, 0.25) is 0 Å². The van der Waals surface area contributed by atoms with Crippen LogP contribution in [0.4, 0.5) is 5.13 Å². The Morgan fingerprint density at radius 1 is 1.12 bits per heavy atom. The van der Waals surface area contributed by atoms with E-state index in [0.29, 0.717) is 21.7 Å². The number of aromatic hydroxyl groups is 1. The van der Waals surface area contributed by atoms with Gasteiger partial charge in [-0.05, 0) is 48.0 Å². The maximum absolute atomic E-state index is 13.3. The highest BCUT2D eigenvalue weighted by Gasteiger charge is 2.48. The molecule has 3 heterocycles. The largest absolute Gasteiger partial charge is 0.507 e. The van der Waals surface area contributed by atoms with E-state index < -0.39 is 17.7 Å². The summed E-state index contributed by atoms with van der Waals surface area (Å²) in [5.41, 5.74) is 1.28. The minimum absolute atomic E-state index is 0.105. The van der Waals surface area contributed by atoms with E-state index >= 15 is 0 Å². The van der Waals surface area contributed by atoms with Crippen molar-refractivity contribution in [1.82, 2.24) is 9.97 Å². The lowest BCUT2D eigenvalue weighted by molar-refractivity contribution is -0.132. The number of hydrogen-bond donors (Lipinski definition) is 2. The molecule has 10 heteroatoms. The minimum atomic E-state index is -1.02. The van der Waals surface area contributed by atoms with Crippen molar-refractivity contribution in [3.63, 3.8) is 0 Å². The van der Waals surface area contributed by atoms with Gasteiger partial charge >= 0.3 is 5.91 Å². The third kappa shape index (κ3) is 3.55. The molecule has 170 valence electrons. The van der Waals surface area contributed by atoms with Crippen molar-refractivity contribution in [1.29, 1.82) is 0 Å². The first-order valence-corrected chi connectivity index (χ1v) is 11.2. The fraction of sp³-hybridized carbons (Fsp3) is 0.0833. The number of rotatable bonds is 4. The van der Waals surface area contributed by atoms with Gasteiger partial charge in [-0.2, -0.15) is 0 Å². The van der Waals surface area contributed by atoms with Crippen molar-refractivity contribution in [3.05, 3.63) is 82.6 Å². The predicted octanol–water partition coefficient (Wildman–Crippen LogP) is 4.69. The van der Waals surface area contributed by atoms with E-state index in [2.05, 4.69) is 9.97 Å². The SMILES string of the molecule is COc1cc(C2/C(=C(\O)c3ccncc3)C(=O)C(=O)N2c2nc3ccc(Cl)cc3s2)ccc1O. The van der Waals surface area contributed by atoms with Crippen LogP contribution >= 0.6 is 22.9 Å². The predicted molar refractivity (Wildman–Crippen MR) is 128 cm³/mol. The zero-order valence-corrected chi connectivity index (χ0v) is 19.2. The maximum atomic E-state index is 13.3. The summed E-state index contributed by atoms with van der Waals surface area (Å²) in [6.07, 6.45) is 2.95. The molecule has 4 aromatic rings. The molecular formula is C24H16ClN3O5S. The number of ether oxygens (including phenoxy) is 1. The Morgan fingerprint density at radius 3 is 2.62 bits per heavy atom. The number of methoxy groups -OCH3 is 1. The molecule has 1 aliphatic heterocycles. The van der Waals surface area contributed by atoms with Crippen molar-refractivity contribution < 1.29 is 24.5 Å². The topological polar surface area (TPSA) is 113 Å². The van der Waals surface area contributed by atoms with Gasteiger partial charge in [0, 0.05) is 23.0 Å². The third-order valence-corrected chi connectivity index (χ3v) is 6.72. The van der Waals surface area contributed by atoms with E-state index in [9.17, 15) is 19.8 Å². The van der Waals surface area contributed by atoms with E-state index in [1.807, 2.05) is 0 Å². The second-order valence-electron chi connectivity index (χ2n) is 7.44. The molecule has 8 nitrogen and oxygen atoms in total. The zero-order chi connectivity index (χ0) is 24.0. The lowest BCUT2D eigenvalue weighted by Crippen LogP contribution is -2.29. The molecule has 1 fully saturated rings. The Bertz CT molecular complexity index is 1480. The highest BCUT2D eigenvalue weighted by molar-refractivity contribution is 7.22. The number of aliphatic hydroxyl groups is 1. The first kappa shape index (κ1) is 21.9. The van der Waals surface area contributed by atoms with Crippen LogP contribution in [0.2, 0.25) is 5.02 Å². The van der Waals surface area contributed by atoms with Crippen LogP contribution in [-0.4, -0.2) is 39.0 Å². The number of fused-ring (bicyclic) bond motifs is 1. The number of carbonyl (C=O) groups excluding carboxylic acids is 2. The Balaban J connectivity index is 1.75. The first-order chi connectivity index (χ1) is 16.4.